The molecule has 1 aliphatic carbocycles. The predicted octanol–water partition coefficient (Wildman–Crippen LogP) is 3.79. The Hall–Kier alpha value is -1.32. The molecule has 1 heterocycles. The lowest BCUT2D eigenvalue weighted by Gasteiger charge is -2.30. The Morgan fingerprint density at radius 3 is 2.74 bits per heavy atom. The highest BCUT2D eigenvalue weighted by atomic mass is 16.3. The Bertz CT molecular complexity index is 661. The summed E-state index contributed by atoms with van der Waals surface area (Å²) in [5.41, 5.74) is 3.81. The van der Waals surface area contributed by atoms with E-state index in [1.807, 2.05) is 0 Å². The Balaban J connectivity index is 1.66. The number of aliphatic hydroxyl groups excluding tert-OH is 1. The Labute approximate surface area is 139 Å². The molecular weight excluding hydrogens is 284 g/mol. The zero-order valence-electron chi connectivity index (χ0n) is 14.7. The number of nitrogens with one attached hydrogen (secondary N) is 1. The molecule has 0 spiro atoms. The van der Waals surface area contributed by atoms with Gasteiger partial charge in [-0.25, -0.2) is 0 Å². The first-order valence-corrected chi connectivity index (χ1v) is 9.03. The van der Waals surface area contributed by atoms with Crippen LogP contribution in [0.15, 0.2) is 24.3 Å². The van der Waals surface area contributed by atoms with Gasteiger partial charge >= 0.3 is 0 Å². The van der Waals surface area contributed by atoms with Crippen LogP contribution in [0.1, 0.15) is 43.9 Å². The number of rotatable bonds is 5. The third-order valence-electron chi connectivity index (χ3n) is 5.67. The number of hydrogen-bond donors (Lipinski definition) is 2. The topological polar surface area (TPSA) is 37.2 Å². The van der Waals surface area contributed by atoms with Crippen LogP contribution in [0.3, 0.4) is 0 Å². The summed E-state index contributed by atoms with van der Waals surface area (Å²) in [6.45, 7) is 7.99. The van der Waals surface area contributed by atoms with Gasteiger partial charge in [-0.3, -0.25) is 0 Å². The van der Waals surface area contributed by atoms with Crippen LogP contribution in [0, 0.1) is 19.8 Å². The largest absolute Gasteiger partial charge is 0.390 e. The molecule has 126 valence electrons. The van der Waals surface area contributed by atoms with E-state index in [-0.39, 0.29) is 6.10 Å². The lowest BCUT2D eigenvalue weighted by molar-refractivity contribution is 0.139. The monoisotopic (exact) mass is 314 g/mol. The zero-order chi connectivity index (χ0) is 16.4. The van der Waals surface area contributed by atoms with Crippen molar-refractivity contribution >= 4 is 10.9 Å². The summed E-state index contributed by atoms with van der Waals surface area (Å²) in [5.74, 6) is 0.729. The second-order valence-corrected chi connectivity index (χ2v) is 7.27. The van der Waals surface area contributed by atoms with Gasteiger partial charge in [0, 0.05) is 29.2 Å². The summed E-state index contributed by atoms with van der Waals surface area (Å²) in [7, 11) is 0. The quantitative estimate of drug-likeness (QED) is 0.881. The molecule has 0 amide bonds. The number of hydrogen-bond acceptors (Lipinski definition) is 2. The zero-order valence-corrected chi connectivity index (χ0v) is 14.7. The molecule has 3 rings (SSSR count). The highest BCUT2D eigenvalue weighted by Crippen LogP contribution is 2.26. The molecule has 1 saturated carbocycles. The second kappa shape index (κ2) is 7.06. The maximum Gasteiger partial charge on any atom is 0.0843 e. The van der Waals surface area contributed by atoms with Crippen molar-refractivity contribution in [2.24, 2.45) is 5.92 Å². The van der Waals surface area contributed by atoms with Gasteiger partial charge in [0.15, 0.2) is 0 Å². The van der Waals surface area contributed by atoms with Crippen LogP contribution in [-0.2, 0) is 6.54 Å². The van der Waals surface area contributed by atoms with Crippen LogP contribution < -0.4 is 5.32 Å². The fourth-order valence-corrected chi connectivity index (χ4v) is 4.02. The van der Waals surface area contributed by atoms with Crippen molar-refractivity contribution in [2.75, 3.05) is 6.54 Å². The summed E-state index contributed by atoms with van der Waals surface area (Å²) >= 11 is 0. The van der Waals surface area contributed by atoms with Gasteiger partial charge in [0.25, 0.3) is 0 Å². The third kappa shape index (κ3) is 3.46. The van der Waals surface area contributed by atoms with E-state index in [4.69, 9.17) is 0 Å². The van der Waals surface area contributed by atoms with Crippen molar-refractivity contribution in [3.05, 3.63) is 35.5 Å². The number of aryl methyl sites for hydroxylation is 1. The average molecular weight is 314 g/mol. The van der Waals surface area contributed by atoms with Crippen molar-refractivity contribution in [3.63, 3.8) is 0 Å². The van der Waals surface area contributed by atoms with Crippen molar-refractivity contribution in [1.82, 2.24) is 9.88 Å². The van der Waals surface area contributed by atoms with E-state index < -0.39 is 0 Å². The van der Waals surface area contributed by atoms with Crippen LogP contribution in [0.5, 0.6) is 0 Å². The average Bonchev–Trinajstić information content (AvgIpc) is 2.80. The number of aromatic nitrogens is 1. The molecule has 0 bridgehead atoms. The maximum atomic E-state index is 10.5. The molecule has 0 unspecified atom stereocenters. The van der Waals surface area contributed by atoms with E-state index >= 15 is 0 Å². The molecule has 23 heavy (non-hydrogen) atoms. The number of nitrogens with zero attached hydrogens (tertiary/aromatic N) is 1. The van der Waals surface area contributed by atoms with Crippen LogP contribution in [0.4, 0.5) is 0 Å². The van der Waals surface area contributed by atoms with Crippen LogP contribution in [0.25, 0.3) is 10.9 Å². The summed E-state index contributed by atoms with van der Waals surface area (Å²) < 4.78 is 2.27. The van der Waals surface area contributed by atoms with E-state index in [0.29, 0.717) is 19.1 Å². The minimum Gasteiger partial charge on any atom is -0.390 e. The van der Waals surface area contributed by atoms with Gasteiger partial charge in [-0.15, -0.1) is 0 Å². The lowest BCUT2D eigenvalue weighted by Crippen LogP contribution is -2.42. The molecule has 1 aromatic heterocycles. The molecule has 1 aromatic carbocycles. The van der Waals surface area contributed by atoms with E-state index in [0.717, 1.165) is 5.92 Å². The standard InChI is InChI=1S/C20H30N2O/c1-14-8-4-6-10-19(14)21-12-17(23)13-22-16(3)15(2)18-9-5-7-11-20(18)22/h5,7,9,11,14,17,19,21,23H,4,6,8,10,12-13H2,1-3H3/t14-,17-,19+/m0/s1. The van der Waals surface area contributed by atoms with Crippen molar-refractivity contribution < 1.29 is 5.11 Å². The lowest BCUT2D eigenvalue weighted by atomic mass is 9.86. The summed E-state index contributed by atoms with van der Waals surface area (Å²) in [6.07, 6.45) is 4.89. The van der Waals surface area contributed by atoms with Gasteiger partial charge in [0.05, 0.1) is 12.6 Å². The summed E-state index contributed by atoms with van der Waals surface area (Å²) in [5, 5.41) is 15.4. The molecule has 3 heteroatoms. The smallest absolute Gasteiger partial charge is 0.0843 e. The van der Waals surface area contributed by atoms with E-state index in [1.54, 1.807) is 0 Å². The first-order valence-electron chi connectivity index (χ1n) is 9.03. The van der Waals surface area contributed by atoms with Crippen molar-refractivity contribution in [2.45, 2.75) is 65.1 Å². The number of para-hydroxylation sites is 1. The van der Waals surface area contributed by atoms with Gasteiger partial charge in [-0.1, -0.05) is 38.0 Å². The molecule has 3 atom stereocenters. The Morgan fingerprint density at radius 2 is 1.96 bits per heavy atom. The Kier molecular flexibility index (Phi) is 5.08. The normalized spacial score (nSPS) is 23.3. The van der Waals surface area contributed by atoms with E-state index in [9.17, 15) is 5.11 Å². The molecule has 0 saturated heterocycles. The third-order valence-corrected chi connectivity index (χ3v) is 5.67. The molecule has 0 radical (unpaired) electrons. The van der Waals surface area contributed by atoms with Gasteiger partial charge in [-0.05, 0) is 44.2 Å². The fraction of sp³-hybridized carbons (Fsp3) is 0.600. The van der Waals surface area contributed by atoms with Crippen molar-refractivity contribution in [3.8, 4) is 0 Å². The predicted molar refractivity (Wildman–Crippen MR) is 96.8 cm³/mol. The molecule has 0 aliphatic heterocycles. The summed E-state index contributed by atoms with van der Waals surface area (Å²) in [4.78, 5) is 0. The van der Waals surface area contributed by atoms with E-state index in [1.165, 1.54) is 47.8 Å². The second-order valence-electron chi connectivity index (χ2n) is 7.27. The molecule has 2 aromatic rings. The fourth-order valence-electron chi connectivity index (χ4n) is 4.02. The van der Waals surface area contributed by atoms with Crippen LogP contribution in [-0.4, -0.2) is 28.4 Å². The van der Waals surface area contributed by atoms with Crippen LogP contribution in [0.2, 0.25) is 0 Å². The number of fused-ring (bicyclic) bond motifs is 1. The SMILES string of the molecule is Cc1c(C)n(C[C@@H](O)CN[C@@H]2CCCC[C@@H]2C)c2ccccc12. The van der Waals surface area contributed by atoms with Gasteiger partial charge in [0.2, 0.25) is 0 Å². The number of benzene rings is 1. The van der Waals surface area contributed by atoms with Gasteiger partial charge < -0.3 is 15.0 Å². The highest BCUT2D eigenvalue weighted by Gasteiger charge is 2.22. The van der Waals surface area contributed by atoms with Crippen molar-refractivity contribution in [1.29, 1.82) is 0 Å². The highest BCUT2D eigenvalue weighted by molar-refractivity contribution is 5.85. The molecule has 2 N–H and O–H groups in total. The van der Waals surface area contributed by atoms with E-state index in [2.05, 4.69) is 54.9 Å². The van der Waals surface area contributed by atoms with Gasteiger partial charge in [-0.2, -0.15) is 0 Å². The first-order chi connectivity index (χ1) is 11.1. The first kappa shape index (κ1) is 16.5. The maximum absolute atomic E-state index is 10.5. The Morgan fingerprint density at radius 1 is 1.22 bits per heavy atom. The molecule has 1 fully saturated rings. The van der Waals surface area contributed by atoms with Gasteiger partial charge in [0.1, 0.15) is 0 Å². The molecular formula is C20H30N2O. The summed E-state index contributed by atoms with van der Waals surface area (Å²) in [6, 6.07) is 9.05. The minimum absolute atomic E-state index is 0.349. The van der Waals surface area contributed by atoms with Crippen LogP contribution >= 0.6 is 0 Å². The molecule has 3 nitrogen and oxygen atoms in total. The minimum atomic E-state index is -0.349. The number of aliphatic hydroxyl groups is 1. The molecule has 1 aliphatic rings.